The smallest absolute Gasteiger partial charge is 0.269 e. The van der Waals surface area contributed by atoms with E-state index in [0.717, 1.165) is 31.8 Å². The number of hydrogen-bond acceptors (Lipinski definition) is 5. The fourth-order valence-corrected chi connectivity index (χ4v) is 5.07. The summed E-state index contributed by atoms with van der Waals surface area (Å²) < 4.78 is 0. The van der Waals surface area contributed by atoms with Crippen molar-refractivity contribution in [3.63, 3.8) is 0 Å². The van der Waals surface area contributed by atoms with Crippen LogP contribution in [0.25, 0.3) is 0 Å². The Morgan fingerprint density at radius 3 is 2.64 bits per heavy atom. The lowest BCUT2D eigenvalue weighted by Crippen LogP contribution is -2.63. The molecule has 0 amide bonds. The molecular weight excluding hydrogens is 352 g/mol. The molecule has 1 saturated heterocycles. The van der Waals surface area contributed by atoms with Gasteiger partial charge in [-0.1, -0.05) is 24.3 Å². The fraction of sp³-hybridized carbons (Fsp3) is 0.409. The summed E-state index contributed by atoms with van der Waals surface area (Å²) in [6.45, 7) is 6.43. The minimum absolute atomic E-state index is 0.0108. The quantitative estimate of drug-likeness (QED) is 0.583. The molecule has 6 nitrogen and oxygen atoms in total. The lowest BCUT2D eigenvalue weighted by Gasteiger charge is -2.54. The zero-order valence-electron chi connectivity index (χ0n) is 16.2. The van der Waals surface area contributed by atoms with Crippen LogP contribution in [0.1, 0.15) is 43.7 Å². The molecule has 3 aliphatic heterocycles. The van der Waals surface area contributed by atoms with Gasteiger partial charge in [-0.05, 0) is 44.4 Å². The first-order valence-electron chi connectivity index (χ1n) is 9.91. The van der Waals surface area contributed by atoms with E-state index in [0.29, 0.717) is 0 Å². The van der Waals surface area contributed by atoms with Crippen LogP contribution in [0.2, 0.25) is 0 Å². The van der Waals surface area contributed by atoms with Gasteiger partial charge in [0, 0.05) is 47.9 Å². The highest BCUT2D eigenvalue weighted by atomic mass is 16.6. The Balaban J connectivity index is 1.62. The molecule has 2 aromatic carbocycles. The number of anilines is 1. The number of aliphatic imine (C=N–C) groups is 1. The molecule has 0 spiro atoms. The number of nitro groups is 1. The molecule has 2 unspecified atom stereocenters. The zero-order valence-corrected chi connectivity index (χ0v) is 16.2. The first kappa shape index (κ1) is 17.2. The van der Waals surface area contributed by atoms with Gasteiger partial charge in [0.25, 0.3) is 5.69 Å². The summed E-state index contributed by atoms with van der Waals surface area (Å²) in [5.41, 5.74) is 3.79. The van der Waals surface area contributed by atoms with E-state index in [2.05, 4.69) is 47.9 Å². The number of nitro benzene ring substituents is 1. The van der Waals surface area contributed by atoms with Gasteiger partial charge in [-0.25, -0.2) is 0 Å². The van der Waals surface area contributed by atoms with E-state index in [1.165, 1.54) is 16.8 Å². The largest absolute Gasteiger partial charge is 0.350 e. The van der Waals surface area contributed by atoms with Crippen molar-refractivity contribution in [1.29, 1.82) is 0 Å². The normalized spacial score (nSPS) is 24.9. The molecule has 3 heterocycles. The second-order valence-corrected chi connectivity index (χ2v) is 8.51. The van der Waals surface area contributed by atoms with E-state index in [1.807, 2.05) is 12.1 Å². The van der Waals surface area contributed by atoms with Crippen molar-refractivity contribution in [2.24, 2.45) is 4.99 Å². The van der Waals surface area contributed by atoms with Gasteiger partial charge < -0.3 is 9.80 Å². The monoisotopic (exact) mass is 376 g/mol. The number of para-hydroxylation sites is 1. The highest BCUT2D eigenvalue weighted by Gasteiger charge is 2.50. The Bertz CT molecular complexity index is 967. The average Bonchev–Trinajstić information content (AvgIpc) is 3.12. The second kappa shape index (κ2) is 6.06. The van der Waals surface area contributed by atoms with Gasteiger partial charge in [-0.2, -0.15) is 0 Å². The van der Waals surface area contributed by atoms with Gasteiger partial charge in [0.15, 0.2) is 0 Å². The lowest BCUT2D eigenvalue weighted by molar-refractivity contribution is -0.384. The third-order valence-electron chi connectivity index (χ3n) is 6.48. The Morgan fingerprint density at radius 2 is 1.89 bits per heavy atom. The van der Waals surface area contributed by atoms with E-state index in [-0.39, 0.29) is 28.2 Å². The Morgan fingerprint density at radius 1 is 1.14 bits per heavy atom. The summed E-state index contributed by atoms with van der Waals surface area (Å²) in [6.07, 6.45) is 2.23. The number of fused-ring (bicyclic) bond motifs is 6. The van der Waals surface area contributed by atoms with Gasteiger partial charge in [-0.3, -0.25) is 15.1 Å². The number of nitrogens with zero attached hydrogens (tertiary/aromatic N) is 4. The number of hydrogen-bond donors (Lipinski definition) is 0. The summed E-state index contributed by atoms with van der Waals surface area (Å²) in [4.78, 5) is 20.7. The van der Waals surface area contributed by atoms with Crippen molar-refractivity contribution >= 4 is 17.2 Å². The molecule has 0 saturated carbocycles. The molecule has 0 N–H and O–H groups in total. The third-order valence-corrected chi connectivity index (χ3v) is 6.48. The first-order valence-corrected chi connectivity index (χ1v) is 9.91. The number of non-ortho nitro benzene ring substituents is 1. The van der Waals surface area contributed by atoms with E-state index in [9.17, 15) is 10.1 Å². The predicted octanol–water partition coefficient (Wildman–Crippen LogP) is 4.16. The van der Waals surface area contributed by atoms with Crippen LogP contribution in [0.5, 0.6) is 0 Å². The zero-order chi connectivity index (χ0) is 19.5. The number of benzene rings is 2. The third kappa shape index (κ3) is 2.44. The molecule has 3 aliphatic rings. The molecule has 0 aromatic heterocycles. The van der Waals surface area contributed by atoms with Crippen LogP contribution in [0, 0.1) is 10.1 Å². The summed E-state index contributed by atoms with van der Waals surface area (Å²) in [6, 6.07) is 15.7. The van der Waals surface area contributed by atoms with Gasteiger partial charge in [-0.15, -0.1) is 0 Å². The Labute approximate surface area is 164 Å². The average molecular weight is 376 g/mol. The molecule has 0 bridgehead atoms. The number of amidine groups is 1. The van der Waals surface area contributed by atoms with Crippen LogP contribution in [-0.4, -0.2) is 40.5 Å². The lowest BCUT2D eigenvalue weighted by atomic mass is 9.86. The molecule has 28 heavy (non-hydrogen) atoms. The van der Waals surface area contributed by atoms with Crippen molar-refractivity contribution in [3.05, 3.63) is 69.8 Å². The van der Waals surface area contributed by atoms with Crippen LogP contribution in [0.15, 0.2) is 53.5 Å². The summed E-state index contributed by atoms with van der Waals surface area (Å²) in [5.74, 6) is 1.39. The van der Waals surface area contributed by atoms with E-state index in [4.69, 9.17) is 4.99 Å². The first-order chi connectivity index (χ1) is 13.5. The SMILES string of the molecule is CC1(C)CCN=C2c3ccccc3N3CCC(c4ccc([N+](=O)[O-])cc4)C3N21. The van der Waals surface area contributed by atoms with Crippen LogP contribution in [0.4, 0.5) is 11.4 Å². The van der Waals surface area contributed by atoms with Gasteiger partial charge in [0.05, 0.1) is 4.92 Å². The predicted molar refractivity (Wildman–Crippen MR) is 110 cm³/mol. The van der Waals surface area contributed by atoms with Crippen molar-refractivity contribution in [1.82, 2.24) is 4.90 Å². The topological polar surface area (TPSA) is 62.0 Å². The van der Waals surface area contributed by atoms with Gasteiger partial charge >= 0.3 is 0 Å². The van der Waals surface area contributed by atoms with Crippen LogP contribution in [-0.2, 0) is 0 Å². The maximum absolute atomic E-state index is 11.0. The fourth-order valence-electron chi connectivity index (χ4n) is 5.07. The van der Waals surface area contributed by atoms with Crippen molar-refractivity contribution in [3.8, 4) is 0 Å². The minimum atomic E-state index is -0.333. The molecule has 6 heteroatoms. The van der Waals surface area contributed by atoms with Crippen LogP contribution < -0.4 is 4.90 Å². The second-order valence-electron chi connectivity index (χ2n) is 8.51. The van der Waals surface area contributed by atoms with Crippen molar-refractivity contribution in [2.75, 3.05) is 18.0 Å². The summed E-state index contributed by atoms with van der Waals surface area (Å²) in [5, 5.41) is 11.0. The Kier molecular flexibility index (Phi) is 3.73. The van der Waals surface area contributed by atoms with Crippen LogP contribution >= 0.6 is 0 Å². The Hall–Kier alpha value is -2.89. The standard InChI is InChI=1S/C22H24N4O2/c1-22(2)12-13-23-20-18-5-3-4-6-19(18)24-14-11-17(21(24)25(20)22)15-7-9-16(10-8-15)26(27)28/h3-10,17,21H,11-14H2,1-2H3. The molecule has 2 atom stereocenters. The molecule has 1 fully saturated rings. The maximum Gasteiger partial charge on any atom is 0.269 e. The van der Waals surface area contributed by atoms with E-state index >= 15 is 0 Å². The van der Waals surface area contributed by atoms with Gasteiger partial charge in [0.1, 0.15) is 12.0 Å². The minimum Gasteiger partial charge on any atom is -0.350 e. The summed E-state index contributed by atoms with van der Waals surface area (Å²) >= 11 is 0. The number of rotatable bonds is 2. The highest BCUT2D eigenvalue weighted by molar-refractivity contribution is 6.06. The molecule has 0 radical (unpaired) electrons. The van der Waals surface area contributed by atoms with E-state index < -0.39 is 0 Å². The maximum atomic E-state index is 11.0. The molecule has 5 rings (SSSR count). The van der Waals surface area contributed by atoms with Crippen LogP contribution in [0.3, 0.4) is 0 Å². The molecular formula is C22H24N4O2. The highest BCUT2D eigenvalue weighted by Crippen LogP contribution is 2.47. The molecule has 0 aliphatic carbocycles. The van der Waals surface area contributed by atoms with Crippen molar-refractivity contribution < 1.29 is 4.92 Å². The van der Waals surface area contributed by atoms with E-state index in [1.54, 1.807) is 12.1 Å². The molecule has 144 valence electrons. The van der Waals surface area contributed by atoms with Crippen molar-refractivity contribution in [2.45, 2.75) is 44.3 Å². The molecule has 2 aromatic rings. The summed E-state index contributed by atoms with van der Waals surface area (Å²) in [7, 11) is 0. The van der Waals surface area contributed by atoms with Gasteiger partial charge in [0.2, 0.25) is 0 Å².